The summed E-state index contributed by atoms with van der Waals surface area (Å²) in [6.45, 7) is 2.05. The molecule has 170 valence electrons. The first-order valence-corrected chi connectivity index (χ1v) is 12.1. The fourth-order valence-electron chi connectivity index (χ4n) is 3.87. The quantitative estimate of drug-likeness (QED) is 0.338. The number of nitrogens with zero attached hydrogens (tertiary/aromatic N) is 5. The minimum Gasteiger partial charge on any atom is -0.266 e. The topological polar surface area (TPSA) is 65.1 Å². The summed E-state index contributed by atoms with van der Waals surface area (Å²) in [5, 5.41) is 9.87. The Hall–Kier alpha value is -4.07. The van der Waals surface area contributed by atoms with Gasteiger partial charge in [0.1, 0.15) is 0 Å². The second kappa shape index (κ2) is 8.61. The molecule has 0 aliphatic carbocycles. The maximum absolute atomic E-state index is 13.2. The van der Waals surface area contributed by atoms with E-state index >= 15 is 0 Å². The van der Waals surface area contributed by atoms with Gasteiger partial charge >= 0.3 is 0 Å². The lowest BCUT2D eigenvalue weighted by Crippen LogP contribution is -2.23. The molecule has 0 unspecified atom stereocenters. The highest BCUT2D eigenvalue weighted by Crippen LogP contribution is 2.25. The highest BCUT2D eigenvalue weighted by atomic mass is 35.5. The van der Waals surface area contributed by atoms with Gasteiger partial charge in [0, 0.05) is 27.9 Å². The molecule has 0 aliphatic heterocycles. The number of thiazole rings is 1. The number of fused-ring (bicyclic) bond motifs is 1. The van der Waals surface area contributed by atoms with Crippen LogP contribution in [0.25, 0.3) is 39.4 Å². The van der Waals surface area contributed by atoms with Crippen LogP contribution in [0.15, 0.2) is 89.9 Å². The van der Waals surface area contributed by atoms with Gasteiger partial charge in [-0.15, -0.1) is 5.10 Å². The first kappa shape index (κ1) is 21.5. The molecular formula is C27H18ClN5OS. The third-order valence-corrected chi connectivity index (χ3v) is 6.83. The summed E-state index contributed by atoms with van der Waals surface area (Å²) < 4.78 is 3.72. The van der Waals surface area contributed by atoms with Crippen molar-refractivity contribution in [2.75, 3.05) is 0 Å². The normalized spacial score (nSPS) is 12.0. The van der Waals surface area contributed by atoms with Crippen LogP contribution < -0.4 is 10.1 Å². The van der Waals surface area contributed by atoms with Crippen molar-refractivity contribution >= 4 is 34.0 Å². The number of para-hydroxylation sites is 1. The SMILES string of the molecule is Cc1ccc(-c2nn(-c3ccccc3)cc2C=c2sc3nc(-c4cccc(Cl)c4)nn3c2=O)cc1. The zero-order valence-corrected chi connectivity index (χ0v) is 20.2. The smallest absolute Gasteiger partial charge is 0.266 e. The Morgan fingerprint density at radius 2 is 1.71 bits per heavy atom. The minimum atomic E-state index is -0.215. The van der Waals surface area contributed by atoms with Crippen LogP contribution in [0, 0.1) is 6.92 Å². The Kier molecular flexibility index (Phi) is 5.28. The van der Waals surface area contributed by atoms with E-state index in [0.717, 1.165) is 28.1 Å². The number of benzene rings is 3. The number of hydrogen-bond acceptors (Lipinski definition) is 5. The van der Waals surface area contributed by atoms with E-state index in [2.05, 4.69) is 29.1 Å². The molecule has 0 spiro atoms. The fourth-order valence-corrected chi connectivity index (χ4v) is 4.96. The molecule has 6 rings (SSSR count). The summed E-state index contributed by atoms with van der Waals surface area (Å²) in [7, 11) is 0. The average Bonchev–Trinajstić information content (AvgIpc) is 3.56. The van der Waals surface area contributed by atoms with Gasteiger partial charge in [0.25, 0.3) is 5.56 Å². The van der Waals surface area contributed by atoms with Crippen molar-refractivity contribution in [3.05, 3.63) is 116 Å². The molecule has 0 amide bonds. The molecule has 0 atom stereocenters. The highest BCUT2D eigenvalue weighted by molar-refractivity contribution is 7.15. The van der Waals surface area contributed by atoms with Crippen LogP contribution in [-0.2, 0) is 0 Å². The molecule has 3 aromatic carbocycles. The third kappa shape index (κ3) is 4.05. The highest BCUT2D eigenvalue weighted by Gasteiger charge is 2.15. The average molecular weight is 496 g/mol. The molecule has 3 heterocycles. The molecule has 0 aliphatic rings. The van der Waals surface area contributed by atoms with Crippen molar-refractivity contribution in [1.82, 2.24) is 24.4 Å². The van der Waals surface area contributed by atoms with E-state index in [1.54, 1.807) is 12.1 Å². The van der Waals surface area contributed by atoms with Crippen molar-refractivity contribution in [3.8, 4) is 28.3 Å². The van der Waals surface area contributed by atoms with Crippen molar-refractivity contribution in [2.24, 2.45) is 0 Å². The van der Waals surface area contributed by atoms with Gasteiger partial charge in [-0.1, -0.05) is 83.1 Å². The van der Waals surface area contributed by atoms with Gasteiger partial charge in [-0.2, -0.15) is 14.6 Å². The van der Waals surface area contributed by atoms with Crippen LogP contribution >= 0.6 is 22.9 Å². The van der Waals surface area contributed by atoms with E-state index in [1.165, 1.54) is 21.4 Å². The lowest BCUT2D eigenvalue weighted by molar-refractivity contribution is 0.884. The molecule has 6 aromatic rings. The lowest BCUT2D eigenvalue weighted by Gasteiger charge is -2.01. The molecule has 3 aromatic heterocycles. The second-order valence-electron chi connectivity index (χ2n) is 8.14. The molecule has 0 bridgehead atoms. The molecule has 0 fully saturated rings. The molecule has 0 saturated carbocycles. The summed E-state index contributed by atoms with van der Waals surface area (Å²) in [6, 6.07) is 25.4. The van der Waals surface area contributed by atoms with Crippen molar-refractivity contribution in [2.45, 2.75) is 6.92 Å². The summed E-state index contributed by atoms with van der Waals surface area (Å²) in [5.41, 5.74) is 5.28. The lowest BCUT2D eigenvalue weighted by atomic mass is 10.1. The van der Waals surface area contributed by atoms with Gasteiger partial charge in [0.2, 0.25) is 4.96 Å². The zero-order valence-electron chi connectivity index (χ0n) is 18.6. The Labute approximate surface area is 209 Å². The summed E-state index contributed by atoms with van der Waals surface area (Å²) in [4.78, 5) is 18.3. The Balaban J connectivity index is 1.49. The van der Waals surface area contributed by atoms with Crippen molar-refractivity contribution in [1.29, 1.82) is 0 Å². The maximum atomic E-state index is 13.2. The Morgan fingerprint density at radius 1 is 0.914 bits per heavy atom. The first-order valence-electron chi connectivity index (χ1n) is 10.9. The van der Waals surface area contributed by atoms with Gasteiger partial charge < -0.3 is 0 Å². The van der Waals surface area contributed by atoms with E-state index in [-0.39, 0.29) is 5.56 Å². The van der Waals surface area contributed by atoms with Crippen LogP contribution in [0.2, 0.25) is 5.02 Å². The molecule has 35 heavy (non-hydrogen) atoms. The van der Waals surface area contributed by atoms with Gasteiger partial charge in [-0.05, 0) is 37.3 Å². The van der Waals surface area contributed by atoms with Gasteiger partial charge in [-0.25, -0.2) is 4.68 Å². The summed E-state index contributed by atoms with van der Waals surface area (Å²) in [6.07, 6.45) is 3.81. The fraction of sp³-hybridized carbons (Fsp3) is 0.0370. The van der Waals surface area contributed by atoms with Gasteiger partial charge in [0.05, 0.1) is 15.9 Å². The molecular weight excluding hydrogens is 478 g/mol. The molecule has 6 nitrogen and oxygen atoms in total. The van der Waals surface area contributed by atoms with Crippen molar-refractivity contribution in [3.63, 3.8) is 0 Å². The number of halogens is 1. The maximum Gasteiger partial charge on any atom is 0.291 e. The second-order valence-corrected chi connectivity index (χ2v) is 9.58. The predicted octanol–water partition coefficient (Wildman–Crippen LogP) is 5.18. The monoisotopic (exact) mass is 495 g/mol. The van der Waals surface area contributed by atoms with E-state index in [9.17, 15) is 4.79 Å². The van der Waals surface area contributed by atoms with Gasteiger partial charge in [-0.3, -0.25) is 4.79 Å². The van der Waals surface area contributed by atoms with E-state index in [4.69, 9.17) is 16.7 Å². The summed E-state index contributed by atoms with van der Waals surface area (Å²) >= 11 is 7.40. The van der Waals surface area contributed by atoms with Gasteiger partial charge in [0.15, 0.2) is 5.82 Å². The van der Waals surface area contributed by atoms with Crippen LogP contribution in [0.3, 0.4) is 0 Å². The third-order valence-electron chi connectivity index (χ3n) is 5.64. The molecule has 0 saturated heterocycles. The molecule has 0 N–H and O–H groups in total. The predicted molar refractivity (Wildman–Crippen MR) is 140 cm³/mol. The summed E-state index contributed by atoms with van der Waals surface area (Å²) in [5.74, 6) is 0.472. The minimum absolute atomic E-state index is 0.215. The molecule has 8 heteroatoms. The van der Waals surface area contributed by atoms with Crippen LogP contribution in [0.4, 0.5) is 0 Å². The standard InChI is InChI=1S/C27H18ClN5OS/c1-17-10-12-18(13-11-17)24-20(16-32(30-24)22-8-3-2-4-9-22)15-23-26(34)33-27(35-23)29-25(31-33)19-6-5-7-21(28)14-19/h2-16H,1H3. The van der Waals surface area contributed by atoms with Crippen LogP contribution in [0.5, 0.6) is 0 Å². The zero-order chi connectivity index (χ0) is 23.9. The van der Waals surface area contributed by atoms with E-state index in [1.807, 2.05) is 71.6 Å². The number of rotatable bonds is 4. The van der Waals surface area contributed by atoms with Crippen LogP contribution in [-0.4, -0.2) is 24.4 Å². The molecule has 0 radical (unpaired) electrons. The number of aryl methyl sites for hydroxylation is 1. The number of aromatic nitrogens is 5. The largest absolute Gasteiger partial charge is 0.291 e. The Bertz CT molecular complexity index is 1790. The van der Waals surface area contributed by atoms with E-state index < -0.39 is 0 Å². The van der Waals surface area contributed by atoms with Crippen LogP contribution in [0.1, 0.15) is 11.1 Å². The number of hydrogen-bond donors (Lipinski definition) is 0. The first-order chi connectivity index (χ1) is 17.0. The van der Waals surface area contributed by atoms with E-state index in [0.29, 0.717) is 20.3 Å². The van der Waals surface area contributed by atoms with Crippen molar-refractivity contribution < 1.29 is 0 Å². The Morgan fingerprint density at radius 3 is 2.46 bits per heavy atom.